The Labute approximate surface area is 169 Å². The molecule has 1 fully saturated rings. The predicted molar refractivity (Wildman–Crippen MR) is 112 cm³/mol. The number of halogens is 1. The van der Waals surface area contributed by atoms with Gasteiger partial charge < -0.3 is 20.5 Å². The van der Waals surface area contributed by atoms with Gasteiger partial charge in [-0.1, -0.05) is 41.4 Å². The van der Waals surface area contributed by atoms with E-state index in [4.69, 9.17) is 28.6 Å². The molecule has 142 valence electrons. The van der Waals surface area contributed by atoms with Gasteiger partial charge in [0.15, 0.2) is 10.8 Å². The van der Waals surface area contributed by atoms with Crippen molar-refractivity contribution < 1.29 is 9.84 Å². The van der Waals surface area contributed by atoms with Crippen molar-refractivity contribution in [3.05, 3.63) is 58.1 Å². The Hall–Kier alpha value is -1.98. The molecule has 0 aromatic heterocycles. The highest BCUT2D eigenvalue weighted by atomic mass is 35.5. The molecule has 0 saturated carbocycles. The highest BCUT2D eigenvalue weighted by Gasteiger charge is 2.48. The number of phenolic OH excluding ortho intramolecular Hbond substituents is 1. The fourth-order valence-electron chi connectivity index (χ4n) is 4.33. The average molecular weight is 403 g/mol. The minimum atomic E-state index is -0.645. The molecule has 27 heavy (non-hydrogen) atoms. The predicted octanol–water partition coefficient (Wildman–Crippen LogP) is 4.61. The van der Waals surface area contributed by atoms with E-state index in [-0.39, 0.29) is 17.2 Å². The Balaban J connectivity index is 1.85. The number of hydrogen-bond donors (Lipinski definition) is 3. The van der Waals surface area contributed by atoms with Crippen molar-refractivity contribution in [1.29, 1.82) is 0 Å². The third kappa shape index (κ3) is 3.46. The highest BCUT2D eigenvalue weighted by Crippen LogP contribution is 2.49. The van der Waals surface area contributed by atoms with E-state index in [1.807, 2.05) is 6.07 Å². The second kappa shape index (κ2) is 6.28. The van der Waals surface area contributed by atoms with Gasteiger partial charge in [0.2, 0.25) is 0 Å². The fourth-order valence-corrected chi connectivity index (χ4v) is 4.96. The summed E-state index contributed by atoms with van der Waals surface area (Å²) in [5.74, 6) is 0.741. The summed E-state index contributed by atoms with van der Waals surface area (Å²) in [5, 5.41) is 17.7. The molecule has 0 bridgehead atoms. The first-order valence-corrected chi connectivity index (χ1v) is 9.83. The van der Waals surface area contributed by atoms with Gasteiger partial charge in [-0.25, -0.2) is 0 Å². The van der Waals surface area contributed by atoms with Crippen LogP contribution >= 0.6 is 23.8 Å². The van der Waals surface area contributed by atoms with E-state index in [1.54, 1.807) is 6.07 Å². The van der Waals surface area contributed by atoms with Crippen LogP contribution in [0, 0.1) is 6.92 Å². The van der Waals surface area contributed by atoms with Gasteiger partial charge in [0.25, 0.3) is 0 Å². The zero-order valence-electron chi connectivity index (χ0n) is 15.6. The SMILES string of the molecule is Cc1cccc([C@@H]2C[C@]3(CC(C)(C)NC(=S)N3)Oc3cc(O)c(Cl)cc32)c1. The van der Waals surface area contributed by atoms with Gasteiger partial charge in [0.1, 0.15) is 11.5 Å². The molecule has 4 nitrogen and oxygen atoms in total. The Morgan fingerprint density at radius 3 is 2.70 bits per heavy atom. The van der Waals surface area contributed by atoms with Crippen LogP contribution in [0.25, 0.3) is 0 Å². The van der Waals surface area contributed by atoms with E-state index in [0.29, 0.717) is 15.9 Å². The summed E-state index contributed by atoms with van der Waals surface area (Å²) in [7, 11) is 0. The first-order valence-electron chi connectivity index (χ1n) is 9.05. The van der Waals surface area contributed by atoms with Gasteiger partial charge in [0, 0.05) is 35.9 Å². The minimum Gasteiger partial charge on any atom is -0.506 e. The molecule has 0 radical (unpaired) electrons. The zero-order chi connectivity index (χ0) is 19.4. The Bertz CT molecular complexity index is 930. The van der Waals surface area contributed by atoms with E-state index in [2.05, 4.69) is 55.7 Å². The van der Waals surface area contributed by atoms with Gasteiger partial charge in [-0.15, -0.1) is 0 Å². The molecule has 0 aliphatic carbocycles. The number of benzene rings is 2. The second-order valence-electron chi connectivity index (χ2n) is 8.25. The molecule has 2 heterocycles. The van der Waals surface area contributed by atoms with Crippen molar-refractivity contribution >= 4 is 28.9 Å². The summed E-state index contributed by atoms with van der Waals surface area (Å²) < 4.78 is 6.43. The van der Waals surface area contributed by atoms with Gasteiger partial charge >= 0.3 is 0 Å². The van der Waals surface area contributed by atoms with Gasteiger partial charge in [-0.2, -0.15) is 0 Å². The number of hydrogen-bond acceptors (Lipinski definition) is 3. The number of ether oxygens (including phenoxy) is 1. The molecular formula is C21H23ClN2O2S. The number of rotatable bonds is 1. The van der Waals surface area contributed by atoms with E-state index in [9.17, 15) is 5.11 Å². The van der Waals surface area contributed by atoms with Crippen LogP contribution in [0.2, 0.25) is 5.02 Å². The number of nitrogens with one attached hydrogen (secondary N) is 2. The lowest BCUT2D eigenvalue weighted by Crippen LogP contribution is -2.69. The summed E-state index contributed by atoms with van der Waals surface area (Å²) in [5.41, 5.74) is 2.54. The molecule has 3 N–H and O–H groups in total. The third-order valence-corrected chi connectivity index (χ3v) is 5.77. The molecular weight excluding hydrogens is 380 g/mol. The van der Waals surface area contributed by atoms with Gasteiger partial charge in [-0.3, -0.25) is 0 Å². The molecule has 6 heteroatoms. The van der Waals surface area contributed by atoms with Crippen LogP contribution in [0.15, 0.2) is 36.4 Å². The first-order chi connectivity index (χ1) is 12.7. The number of fused-ring (bicyclic) bond motifs is 1. The van der Waals surface area contributed by atoms with Crippen molar-refractivity contribution in [2.75, 3.05) is 0 Å². The summed E-state index contributed by atoms with van der Waals surface area (Å²) in [4.78, 5) is 0. The number of thiocarbonyl (C=S) groups is 1. The van der Waals surface area contributed by atoms with Crippen molar-refractivity contribution in [2.45, 2.75) is 50.8 Å². The smallest absolute Gasteiger partial charge is 0.185 e. The highest BCUT2D eigenvalue weighted by molar-refractivity contribution is 7.80. The van der Waals surface area contributed by atoms with Crippen molar-refractivity contribution in [3.63, 3.8) is 0 Å². The summed E-state index contributed by atoms with van der Waals surface area (Å²) in [6.45, 7) is 6.31. The molecule has 2 aromatic carbocycles. The monoisotopic (exact) mass is 402 g/mol. The molecule has 2 atom stereocenters. The minimum absolute atomic E-state index is 0.0197. The standard InChI is InChI=1S/C21H23ClN2O2S/c1-12-5-4-6-13(7-12)15-10-21(11-20(2,3)23-19(27)24-21)26-18-9-17(25)16(22)8-14(15)18/h4-9,15,25H,10-11H2,1-3H3,(H2,23,24,27)/t15-,21+/m0/s1. The Morgan fingerprint density at radius 2 is 2.00 bits per heavy atom. The quantitative estimate of drug-likeness (QED) is 0.608. The fraction of sp³-hybridized carbons (Fsp3) is 0.381. The van der Waals surface area contributed by atoms with Crippen molar-refractivity contribution in [1.82, 2.24) is 10.6 Å². The lowest BCUT2D eigenvalue weighted by atomic mass is 9.77. The van der Waals surface area contributed by atoms with Crippen molar-refractivity contribution in [2.24, 2.45) is 0 Å². The molecule has 0 amide bonds. The van der Waals surface area contributed by atoms with Crippen LogP contribution in [0.5, 0.6) is 11.5 Å². The van der Waals surface area contributed by atoms with Crippen LogP contribution in [-0.2, 0) is 0 Å². The molecule has 4 rings (SSSR count). The number of aromatic hydroxyl groups is 1. The summed E-state index contributed by atoms with van der Waals surface area (Å²) >= 11 is 11.7. The molecule has 1 saturated heterocycles. The van der Waals surface area contributed by atoms with Crippen LogP contribution < -0.4 is 15.4 Å². The molecule has 2 aliphatic rings. The van der Waals surface area contributed by atoms with Crippen LogP contribution in [0.3, 0.4) is 0 Å². The Morgan fingerprint density at radius 1 is 1.22 bits per heavy atom. The zero-order valence-corrected chi connectivity index (χ0v) is 17.2. The van der Waals surface area contributed by atoms with Crippen LogP contribution in [-0.4, -0.2) is 21.5 Å². The normalized spacial score (nSPS) is 25.9. The van der Waals surface area contributed by atoms with E-state index in [1.165, 1.54) is 11.1 Å². The maximum Gasteiger partial charge on any atom is 0.185 e. The van der Waals surface area contributed by atoms with Crippen LogP contribution in [0.4, 0.5) is 0 Å². The first kappa shape index (κ1) is 18.4. The third-order valence-electron chi connectivity index (χ3n) is 5.26. The lowest BCUT2D eigenvalue weighted by molar-refractivity contribution is -0.0128. The lowest BCUT2D eigenvalue weighted by Gasteiger charge is -2.50. The van der Waals surface area contributed by atoms with Crippen LogP contribution in [0.1, 0.15) is 49.3 Å². The second-order valence-corrected chi connectivity index (χ2v) is 9.06. The Kier molecular flexibility index (Phi) is 4.28. The molecule has 1 spiro atoms. The number of aryl methyl sites for hydroxylation is 1. The average Bonchev–Trinajstić information content (AvgIpc) is 2.54. The maximum absolute atomic E-state index is 10.1. The molecule has 2 aliphatic heterocycles. The van der Waals surface area contributed by atoms with E-state index in [0.717, 1.165) is 18.4 Å². The van der Waals surface area contributed by atoms with Crippen molar-refractivity contribution in [3.8, 4) is 11.5 Å². The molecule has 0 unspecified atom stereocenters. The summed E-state index contributed by atoms with van der Waals surface area (Å²) in [6, 6.07) is 11.9. The topological polar surface area (TPSA) is 53.5 Å². The van der Waals surface area contributed by atoms with E-state index >= 15 is 0 Å². The van der Waals surface area contributed by atoms with E-state index < -0.39 is 5.72 Å². The molecule has 2 aromatic rings. The number of phenols is 1. The summed E-state index contributed by atoms with van der Waals surface area (Å²) in [6.07, 6.45) is 1.45. The van der Waals surface area contributed by atoms with Gasteiger partial charge in [0.05, 0.1) is 5.02 Å². The largest absolute Gasteiger partial charge is 0.506 e. The van der Waals surface area contributed by atoms with Gasteiger partial charge in [-0.05, 0) is 44.6 Å². The maximum atomic E-state index is 10.1.